The van der Waals surface area contributed by atoms with Gasteiger partial charge in [-0.3, -0.25) is 9.20 Å². The number of benzene rings is 1. The summed E-state index contributed by atoms with van der Waals surface area (Å²) in [4.78, 5) is 20.9. The van der Waals surface area contributed by atoms with Crippen LogP contribution in [0.25, 0.3) is 17.0 Å². The van der Waals surface area contributed by atoms with Crippen molar-refractivity contribution in [3.8, 4) is 11.4 Å². The molecule has 2 N–H and O–H groups in total. The fraction of sp³-hybridized carbons (Fsp3) is 0.200. The van der Waals surface area contributed by atoms with Crippen LogP contribution in [0.15, 0.2) is 59.7 Å². The quantitative estimate of drug-likeness (QED) is 0.571. The fourth-order valence-electron chi connectivity index (χ4n) is 2.66. The first kappa shape index (κ1) is 17.9. The first-order valence-electron chi connectivity index (χ1n) is 9.04. The van der Waals surface area contributed by atoms with Crippen molar-refractivity contribution in [2.24, 2.45) is 0 Å². The molecule has 8 nitrogen and oxygen atoms in total. The number of nitrogens with zero attached hydrogens (tertiary/aromatic N) is 4. The van der Waals surface area contributed by atoms with E-state index in [9.17, 15) is 4.79 Å². The van der Waals surface area contributed by atoms with Gasteiger partial charge < -0.3 is 15.2 Å². The van der Waals surface area contributed by atoms with Crippen LogP contribution < -0.4 is 10.6 Å². The molecule has 0 unspecified atom stereocenters. The Morgan fingerprint density at radius 2 is 2.04 bits per heavy atom. The van der Waals surface area contributed by atoms with Crippen LogP contribution in [-0.4, -0.2) is 38.5 Å². The fourth-order valence-corrected chi connectivity index (χ4v) is 2.66. The molecule has 0 radical (unpaired) electrons. The highest BCUT2D eigenvalue weighted by molar-refractivity contribution is 6.04. The molecule has 0 atom stereocenters. The number of carbonyl (C=O) groups is 1. The maximum atomic E-state index is 12.6. The van der Waals surface area contributed by atoms with Gasteiger partial charge in [-0.25, -0.2) is 4.98 Å². The number of anilines is 1. The summed E-state index contributed by atoms with van der Waals surface area (Å²) in [5.41, 5.74) is 3.58. The smallest absolute Gasteiger partial charge is 0.274 e. The van der Waals surface area contributed by atoms with Gasteiger partial charge in [-0.1, -0.05) is 23.4 Å². The second kappa shape index (κ2) is 8.01. The van der Waals surface area contributed by atoms with Crippen LogP contribution in [0.3, 0.4) is 0 Å². The number of carbonyl (C=O) groups excluding carboxylic acids is 1. The first-order valence-corrected chi connectivity index (χ1v) is 9.04. The monoisotopic (exact) mass is 376 g/mol. The number of aryl methyl sites for hydroxylation is 1. The SMILES string of the molecule is C1CNC1.Cc1ccc(-c2ncon2)cc1NC(=O)c1cnc2ccccn12. The van der Waals surface area contributed by atoms with Crippen molar-refractivity contribution in [3.05, 3.63) is 66.4 Å². The Labute approximate surface area is 161 Å². The number of fused-ring (bicyclic) bond motifs is 1. The number of nitrogens with one attached hydrogen (secondary N) is 2. The molecule has 0 saturated carbocycles. The lowest BCUT2D eigenvalue weighted by molar-refractivity contribution is 0.102. The molecule has 0 bridgehead atoms. The number of aromatic nitrogens is 4. The number of imidazole rings is 1. The number of amides is 1. The van der Waals surface area contributed by atoms with Crippen molar-refractivity contribution in [3.63, 3.8) is 0 Å². The van der Waals surface area contributed by atoms with Gasteiger partial charge in [0.15, 0.2) is 0 Å². The van der Waals surface area contributed by atoms with E-state index in [0.717, 1.165) is 16.8 Å². The van der Waals surface area contributed by atoms with Crippen LogP contribution in [0, 0.1) is 6.92 Å². The van der Waals surface area contributed by atoms with Gasteiger partial charge in [0.1, 0.15) is 11.3 Å². The molecule has 0 aliphatic carbocycles. The number of hydrogen-bond donors (Lipinski definition) is 2. The van der Waals surface area contributed by atoms with E-state index in [1.54, 1.807) is 16.8 Å². The van der Waals surface area contributed by atoms with Gasteiger partial charge in [0.2, 0.25) is 12.2 Å². The van der Waals surface area contributed by atoms with Crippen molar-refractivity contribution in [1.82, 2.24) is 24.8 Å². The molecule has 1 aliphatic heterocycles. The van der Waals surface area contributed by atoms with E-state index in [2.05, 4.69) is 25.8 Å². The molecule has 1 amide bonds. The molecule has 1 fully saturated rings. The third-order valence-corrected chi connectivity index (χ3v) is 4.46. The normalized spacial score (nSPS) is 12.8. The molecule has 0 spiro atoms. The van der Waals surface area contributed by atoms with Crippen LogP contribution in [0.4, 0.5) is 5.69 Å². The Morgan fingerprint density at radius 1 is 1.21 bits per heavy atom. The molecule has 1 saturated heterocycles. The number of hydrogen-bond acceptors (Lipinski definition) is 6. The molecular formula is C20H20N6O2. The summed E-state index contributed by atoms with van der Waals surface area (Å²) in [5.74, 6) is 0.238. The van der Waals surface area contributed by atoms with Crippen molar-refractivity contribution in [1.29, 1.82) is 0 Å². The summed E-state index contributed by atoms with van der Waals surface area (Å²) in [6.45, 7) is 4.42. The summed E-state index contributed by atoms with van der Waals surface area (Å²) >= 11 is 0. The molecular weight excluding hydrogens is 356 g/mol. The van der Waals surface area contributed by atoms with Crippen LogP contribution >= 0.6 is 0 Å². The maximum Gasteiger partial charge on any atom is 0.274 e. The molecule has 4 heterocycles. The van der Waals surface area contributed by atoms with Gasteiger partial charge in [0.05, 0.1) is 6.20 Å². The predicted octanol–water partition coefficient (Wildman–Crippen LogP) is 2.92. The van der Waals surface area contributed by atoms with E-state index in [-0.39, 0.29) is 5.91 Å². The van der Waals surface area contributed by atoms with Gasteiger partial charge in [-0.15, -0.1) is 0 Å². The van der Waals surface area contributed by atoms with E-state index in [0.29, 0.717) is 17.2 Å². The highest BCUT2D eigenvalue weighted by atomic mass is 16.5. The Kier molecular flexibility index (Phi) is 5.11. The zero-order valence-corrected chi connectivity index (χ0v) is 15.4. The largest absolute Gasteiger partial charge is 0.342 e. The van der Waals surface area contributed by atoms with E-state index in [1.807, 2.05) is 43.3 Å². The van der Waals surface area contributed by atoms with E-state index >= 15 is 0 Å². The second-order valence-electron chi connectivity index (χ2n) is 6.41. The number of pyridine rings is 1. The van der Waals surface area contributed by atoms with E-state index < -0.39 is 0 Å². The van der Waals surface area contributed by atoms with Crippen LogP contribution in [0.1, 0.15) is 22.5 Å². The average Bonchev–Trinajstić information content (AvgIpc) is 3.32. The van der Waals surface area contributed by atoms with Crippen LogP contribution in [0.5, 0.6) is 0 Å². The molecule has 4 aromatic rings. The first-order chi connectivity index (χ1) is 13.7. The second-order valence-corrected chi connectivity index (χ2v) is 6.41. The van der Waals surface area contributed by atoms with Crippen molar-refractivity contribution >= 4 is 17.2 Å². The predicted molar refractivity (Wildman–Crippen MR) is 105 cm³/mol. The van der Waals surface area contributed by atoms with Gasteiger partial charge in [0, 0.05) is 17.4 Å². The molecule has 5 rings (SSSR count). The van der Waals surface area contributed by atoms with Crippen LogP contribution in [-0.2, 0) is 0 Å². The van der Waals surface area contributed by atoms with Gasteiger partial charge in [0.25, 0.3) is 5.91 Å². The van der Waals surface area contributed by atoms with E-state index in [1.165, 1.54) is 25.9 Å². The topological polar surface area (TPSA) is 97.4 Å². The summed E-state index contributed by atoms with van der Waals surface area (Å²) in [5, 5.41) is 9.85. The summed E-state index contributed by atoms with van der Waals surface area (Å²) in [7, 11) is 0. The third-order valence-electron chi connectivity index (χ3n) is 4.46. The minimum atomic E-state index is -0.234. The minimum Gasteiger partial charge on any atom is -0.342 e. The van der Waals surface area contributed by atoms with Crippen molar-refractivity contribution in [2.75, 3.05) is 18.4 Å². The van der Waals surface area contributed by atoms with Gasteiger partial charge in [-0.05, 0) is 50.2 Å². The highest BCUT2D eigenvalue weighted by Crippen LogP contribution is 2.23. The summed E-state index contributed by atoms with van der Waals surface area (Å²) in [6.07, 6.45) is 6.02. The zero-order valence-electron chi connectivity index (χ0n) is 15.4. The molecule has 1 aliphatic rings. The van der Waals surface area contributed by atoms with Crippen molar-refractivity contribution < 1.29 is 9.32 Å². The molecule has 3 aromatic heterocycles. The van der Waals surface area contributed by atoms with Crippen LogP contribution in [0.2, 0.25) is 0 Å². The molecule has 8 heteroatoms. The molecule has 142 valence electrons. The van der Waals surface area contributed by atoms with Crippen molar-refractivity contribution in [2.45, 2.75) is 13.3 Å². The maximum absolute atomic E-state index is 12.6. The molecule has 28 heavy (non-hydrogen) atoms. The lowest BCUT2D eigenvalue weighted by atomic mass is 10.1. The van der Waals surface area contributed by atoms with E-state index in [4.69, 9.17) is 4.52 Å². The highest BCUT2D eigenvalue weighted by Gasteiger charge is 2.14. The average molecular weight is 376 g/mol. The Hall–Kier alpha value is -3.52. The Bertz CT molecular complexity index is 1080. The molecule has 1 aromatic carbocycles. The third kappa shape index (κ3) is 3.77. The standard InChI is InChI=1S/C17H13N5O2.C3H7N/c1-11-5-6-12(16-19-10-24-21-16)8-13(11)20-17(23)14-9-18-15-4-2-3-7-22(14)15;1-2-4-3-1/h2-10H,1H3,(H,20,23);4H,1-3H2. The lowest BCUT2D eigenvalue weighted by Gasteiger charge is -2.09. The zero-order chi connectivity index (χ0) is 19.3. The Balaban J connectivity index is 0.000000429. The minimum absolute atomic E-state index is 0.234. The Morgan fingerprint density at radius 3 is 2.75 bits per heavy atom. The summed E-state index contributed by atoms with van der Waals surface area (Å²) < 4.78 is 6.51. The summed E-state index contributed by atoms with van der Waals surface area (Å²) in [6, 6.07) is 11.2. The number of rotatable bonds is 3. The van der Waals surface area contributed by atoms with Gasteiger partial charge >= 0.3 is 0 Å². The lowest BCUT2D eigenvalue weighted by Crippen LogP contribution is -2.29. The van der Waals surface area contributed by atoms with Gasteiger partial charge in [-0.2, -0.15) is 4.98 Å².